The maximum Gasteiger partial charge on any atom is 0.417 e. The minimum absolute atomic E-state index is 0.0900. The minimum atomic E-state index is -4.49. The van der Waals surface area contributed by atoms with Crippen molar-refractivity contribution in [1.29, 1.82) is 0 Å². The van der Waals surface area contributed by atoms with Gasteiger partial charge in [0.2, 0.25) is 0 Å². The highest BCUT2D eigenvalue weighted by Crippen LogP contribution is 2.37. The number of hydrogen-bond acceptors (Lipinski definition) is 4. The van der Waals surface area contributed by atoms with Crippen LogP contribution in [0.1, 0.15) is 35.6 Å². The number of nitrogens with zero attached hydrogens (tertiary/aromatic N) is 2. The van der Waals surface area contributed by atoms with Crippen LogP contribution < -0.4 is 0 Å². The Morgan fingerprint density at radius 1 is 1.06 bits per heavy atom. The number of alkyl halides is 3. The molecule has 1 saturated heterocycles. The Hall–Kier alpha value is -3.65. The molecule has 0 radical (unpaired) electrons. The minimum Gasteiger partial charge on any atom is -0.481 e. The molecule has 1 heterocycles. The van der Waals surface area contributed by atoms with Crippen molar-refractivity contribution in [3.05, 3.63) is 95.1 Å². The number of aliphatic carboxylic acids is 1. The highest BCUT2D eigenvalue weighted by molar-refractivity contribution is 5.98. The van der Waals surface area contributed by atoms with Crippen molar-refractivity contribution in [2.75, 3.05) is 13.1 Å². The predicted octanol–water partition coefficient (Wildman–Crippen LogP) is 6.22. The number of likely N-dealkylation sites (tertiary alicyclic amines) is 1. The maximum atomic E-state index is 13.7. The van der Waals surface area contributed by atoms with Crippen molar-refractivity contribution in [2.24, 2.45) is 11.1 Å². The third kappa shape index (κ3) is 6.31. The van der Waals surface area contributed by atoms with Crippen LogP contribution in [0.2, 0.25) is 0 Å². The number of halogens is 3. The number of carboxylic acid groups (broad SMARTS) is 1. The topological polar surface area (TPSA) is 62.1 Å². The van der Waals surface area contributed by atoms with Gasteiger partial charge in [0.05, 0.1) is 17.2 Å². The first kappa shape index (κ1) is 25.4. The zero-order chi connectivity index (χ0) is 25.7. The molecular weight excluding hydrogens is 469 g/mol. The molecule has 0 saturated carbocycles. The summed E-state index contributed by atoms with van der Waals surface area (Å²) in [6, 6.07) is 20.4. The highest BCUT2D eigenvalue weighted by atomic mass is 19.4. The van der Waals surface area contributed by atoms with Gasteiger partial charge < -0.3 is 9.94 Å². The van der Waals surface area contributed by atoms with Crippen LogP contribution in [-0.4, -0.2) is 34.8 Å². The van der Waals surface area contributed by atoms with Gasteiger partial charge in [0.15, 0.2) is 0 Å². The Balaban J connectivity index is 1.38. The van der Waals surface area contributed by atoms with E-state index < -0.39 is 17.7 Å². The fourth-order valence-electron chi connectivity index (χ4n) is 4.33. The molecule has 3 aromatic carbocycles. The van der Waals surface area contributed by atoms with Crippen LogP contribution in [0.5, 0.6) is 0 Å². The molecule has 0 aliphatic carbocycles. The van der Waals surface area contributed by atoms with Crippen molar-refractivity contribution in [3.63, 3.8) is 0 Å². The molecule has 8 heteroatoms. The van der Waals surface area contributed by atoms with Gasteiger partial charge in [-0.2, -0.15) is 13.2 Å². The lowest BCUT2D eigenvalue weighted by Gasteiger charge is -2.15. The molecular formula is C28H27F3N2O3. The van der Waals surface area contributed by atoms with Gasteiger partial charge >= 0.3 is 12.1 Å². The van der Waals surface area contributed by atoms with Gasteiger partial charge in [-0.15, -0.1) is 0 Å². The molecule has 1 aliphatic rings. The monoisotopic (exact) mass is 496 g/mol. The standard InChI is InChI=1S/C28H27F3N2O3/c1-19(22-10-7-20(8-11-22)16-33-14-13-24(17-33)27(34)35)32-36-18-21-9-12-25(23-5-3-2-4-6-23)26(15-21)28(29,30)31/h2-12,15,24H,13-14,16-18H2,1H3,(H,34,35)/b32-19+. The van der Waals surface area contributed by atoms with Crippen LogP contribution in [-0.2, 0) is 29.0 Å². The average molecular weight is 497 g/mol. The van der Waals surface area contributed by atoms with Crippen molar-refractivity contribution in [3.8, 4) is 11.1 Å². The smallest absolute Gasteiger partial charge is 0.417 e. The van der Waals surface area contributed by atoms with Crippen LogP contribution in [0.3, 0.4) is 0 Å². The summed E-state index contributed by atoms with van der Waals surface area (Å²) >= 11 is 0. The summed E-state index contributed by atoms with van der Waals surface area (Å²) in [5.41, 5.74) is 2.79. The summed E-state index contributed by atoms with van der Waals surface area (Å²) in [4.78, 5) is 18.6. The molecule has 1 aliphatic heterocycles. The fraction of sp³-hybridized carbons (Fsp3) is 0.286. The first-order valence-corrected chi connectivity index (χ1v) is 11.7. The van der Waals surface area contributed by atoms with Crippen LogP contribution >= 0.6 is 0 Å². The molecule has 3 aromatic rings. The summed E-state index contributed by atoms with van der Waals surface area (Å²) in [6.45, 7) is 3.67. The average Bonchev–Trinajstić information content (AvgIpc) is 3.33. The second-order valence-electron chi connectivity index (χ2n) is 8.95. The largest absolute Gasteiger partial charge is 0.481 e. The zero-order valence-corrected chi connectivity index (χ0v) is 19.8. The van der Waals surface area contributed by atoms with E-state index in [1.807, 2.05) is 24.3 Å². The molecule has 188 valence electrons. The summed E-state index contributed by atoms with van der Waals surface area (Å²) in [5.74, 6) is -1.06. The number of hydrogen-bond donors (Lipinski definition) is 1. The van der Waals surface area contributed by atoms with E-state index in [-0.39, 0.29) is 18.1 Å². The first-order valence-electron chi connectivity index (χ1n) is 11.7. The van der Waals surface area contributed by atoms with Gasteiger partial charge in [-0.3, -0.25) is 9.69 Å². The van der Waals surface area contributed by atoms with Crippen molar-refractivity contribution >= 4 is 11.7 Å². The SMILES string of the molecule is C/C(=N\OCc1ccc(-c2ccccc2)c(C(F)(F)F)c1)c1ccc(CN2CCC(C(=O)O)C2)cc1. The van der Waals surface area contributed by atoms with Gasteiger partial charge in [-0.1, -0.05) is 71.9 Å². The Morgan fingerprint density at radius 3 is 2.39 bits per heavy atom. The number of oxime groups is 1. The van der Waals surface area contributed by atoms with E-state index in [2.05, 4.69) is 10.1 Å². The molecule has 1 atom stereocenters. The number of benzene rings is 3. The number of rotatable bonds is 8. The van der Waals surface area contributed by atoms with Crippen LogP contribution in [0.15, 0.2) is 78.0 Å². The molecule has 5 nitrogen and oxygen atoms in total. The lowest BCUT2D eigenvalue weighted by Crippen LogP contribution is -2.22. The zero-order valence-electron chi connectivity index (χ0n) is 19.8. The summed E-state index contributed by atoms with van der Waals surface area (Å²) < 4.78 is 41.1. The van der Waals surface area contributed by atoms with Gasteiger partial charge in [0.25, 0.3) is 0 Å². The van der Waals surface area contributed by atoms with Crippen LogP contribution in [0.25, 0.3) is 11.1 Å². The molecule has 1 fully saturated rings. The predicted molar refractivity (Wildman–Crippen MR) is 131 cm³/mol. The van der Waals surface area contributed by atoms with Gasteiger partial charge in [-0.05, 0) is 53.8 Å². The summed E-state index contributed by atoms with van der Waals surface area (Å²) in [7, 11) is 0. The Kier molecular flexibility index (Phi) is 7.74. The molecule has 0 spiro atoms. The van der Waals surface area contributed by atoms with E-state index in [0.29, 0.717) is 36.3 Å². The van der Waals surface area contributed by atoms with Crippen molar-refractivity contribution in [2.45, 2.75) is 32.7 Å². The van der Waals surface area contributed by atoms with Crippen LogP contribution in [0.4, 0.5) is 13.2 Å². The van der Waals surface area contributed by atoms with E-state index in [4.69, 9.17) is 9.94 Å². The fourth-order valence-corrected chi connectivity index (χ4v) is 4.33. The van der Waals surface area contributed by atoms with Gasteiger partial charge in [0.1, 0.15) is 6.61 Å². The van der Waals surface area contributed by atoms with E-state index in [1.165, 1.54) is 6.07 Å². The molecule has 0 amide bonds. The van der Waals surface area contributed by atoms with Crippen molar-refractivity contribution < 1.29 is 27.9 Å². The lowest BCUT2D eigenvalue weighted by molar-refractivity contribution is -0.141. The van der Waals surface area contributed by atoms with E-state index in [0.717, 1.165) is 23.7 Å². The molecule has 36 heavy (non-hydrogen) atoms. The molecule has 1 N–H and O–H groups in total. The third-order valence-electron chi connectivity index (χ3n) is 6.31. The highest BCUT2D eigenvalue weighted by Gasteiger charge is 2.34. The molecule has 0 aromatic heterocycles. The Morgan fingerprint density at radius 2 is 1.75 bits per heavy atom. The number of carboxylic acids is 1. The molecule has 1 unspecified atom stereocenters. The Labute approximate surface area is 207 Å². The lowest BCUT2D eigenvalue weighted by atomic mass is 9.97. The summed E-state index contributed by atoms with van der Waals surface area (Å²) in [5, 5.41) is 13.2. The van der Waals surface area contributed by atoms with E-state index >= 15 is 0 Å². The maximum absolute atomic E-state index is 13.7. The van der Waals surface area contributed by atoms with Crippen LogP contribution in [0, 0.1) is 5.92 Å². The van der Waals surface area contributed by atoms with Gasteiger partial charge in [-0.25, -0.2) is 0 Å². The van der Waals surface area contributed by atoms with Crippen molar-refractivity contribution in [1.82, 2.24) is 4.90 Å². The second-order valence-corrected chi connectivity index (χ2v) is 8.95. The second kappa shape index (κ2) is 11.0. The third-order valence-corrected chi connectivity index (χ3v) is 6.31. The normalized spacial score (nSPS) is 16.8. The van der Waals surface area contributed by atoms with E-state index in [9.17, 15) is 18.0 Å². The quantitative estimate of drug-likeness (QED) is 0.297. The summed E-state index contributed by atoms with van der Waals surface area (Å²) in [6.07, 6.45) is -3.83. The molecule has 4 rings (SSSR count). The Bertz CT molecular complexity index is 1230. The van der Waals surface area contributed by atoms with Gasteiger partial charge in [0, 0.05) is 13.1 Å². The first-order chi connectivity index (χ1) is 17.2. The molecule has 0 bridgehead atoms. The van der Waals surface area contributed by atoms with E-state index in [1.54, 1.807) is 43.3 Å². The number of carbonyl (C=O) groups is 1.